The molecule has 2 heterocycles. The van der Waals surface area contributed by atoms with E-state index in [2.05, 4.69) is 15.0 Å². The highest BCUT2D eigenvalue weighted by Crippen LogP contribution is 2.22. The Morgan fingerprint density at radius 1 is 1.20 bits per heavy atom. The SMILES string of the molecule is CN(CCC(F)(F)F)c1nc(N)nc(N2CCCC2)n1. The molecular weight excluding hydrogens is 273 g/mol. The van der Waals surface area contributed by atoms with Crippen LogP contribution in [0.15, 0.2) is 0 Å². The van der Waals surface area contributed by atoms with Gasteiger partial charge in [-0.15, -0.1) is 0 Å². The van der Waals surface area contributed by atoms with E-state index in [1.165, 1.54) is 11.9 Å². The Morgan fingerprint density at radius 2 is 1.85 bits per heavy atom. The lowest BCUT2D eigenvalue weighted by Gasteiger charge is -2.21. The molecule has 1 aromatic rings. The number of nitrogens with two attached hydrogens (primary N) is 1. The summed E-state index contributed by atoms with van der Waals surface area (Å²) < 4.78 is 36.7. The fourth-order valence-electron chi connectivity index (χ4n) is 1.99. The minimum absolute atomic E-state index is 0.0239. The summed E-state index contributed by atoms with van der Waals surface area (Å²) in [7, 11) is 1.51. The lowest BCUT2D eigenvalue weighted by atomic mass is 10.4. The summed E-state index contributed by atoms with van der Waals surface area (Å²) in [5.74, 6) is 0.628. The summed E-state index contributed by atoms with van der Waals surface area (Å²) in [5, 5.41) is 0. The van der Waals surface area contributed by atoms with Crippen LogP contribution in [-0.2, 0) is 0 Å². The first kappa shape index (κ1) is 14.6. The molecule has 1 fully saturated rings. The number of alkyl halides is 3. The van der Waals surface area contributed by atoms with Crippen LogP contribution in [0, 0.1) is 0 Å². The Morgan fingerprint density at radius 3 is 2.45 bits per heavy atom. The summed E-state index contributed by atoms with van der Waals surface area (Å²) in [6.45, 7) is 1.44. The van der Waals surface area contributed by atoms with E-state index < -0.39 is 12.6 Å². The first-order valence-electron chi connectivity index (χ1n) is 6.39. The van der Waals surface area contributed by atoms with E-state index in [-0.39, 0.29) is 18.4 Å². The normalized spacial score (nSPS) is 15.7. The molecule has 112 valence electrons. The third kappa shape index (κ3) is 3.84. The molecule has 1 aliphatic heterocycles. The maximum atomic E-state index is 12.2. The molecule has 9 heteroatoms. The molecule has 2 rings (SSSR count). The number of rotatable bonds is 4. The third-order valence-electron chi connectivity index (χ3n) is 3.09. The van der Waals surface area contributed by atoms with Crippen molar-refractivity contribution in [3.05, 3.63) is 0 Å². The molecule has 1 aliphatic rings. The van der Waals surface area contributed by atoms with Crippen molar-refractivity contribution in [2.24, 2.45) is 0 Å². The van der Waals surface area contributed by atoms with Gasteiger partial charge in [0.25, 0.3) is 0 Å². The molecule has 2 N–H and O–H groups in total. The molecule has 0 amide bonds. The minimum atomic E-state index is -4.20. The van der Waals surface area contributed by atoms with Gasteiger partial charge in [-0.3, -0.25) is 0 Å². The number of aromatic nitrogens is 3. The van der Waals surface area contributed by atoms with E-state index in [9.17, 15) is 13.2 Å². The zero-order chi connectivity index (χ0) is 14.8. The Kier molecular flexibility index (Phi) is 4.15. The summed E-state index contributed by atoms with van der Waals surface area (Å²) in [6, 6.07) is 0. The predicted octanol–water partition coefficient (Wildman–Crippen LogP) is 1.44. The van der Waals surface area contributed by atoms with Crippen molar-refractivity contribution in [3.8, 4) is 0 Å². The van der Waals surface area contributed by atoms with Gasteiger partial charge in [0.15, 0.2) is 0 Å². The molecule has 1 saturated heterocycles. The van der Waals surface area contributed by atoms with Gasteiger partial charge < -0.3 is 15.5 Å². The van der Waals surface area contributed by atoms with Crippen molar-refractivity contribution in [2.45, 2.75) is 25.4 Å². The van der Waals surface area contributed by atoms with Gasteiger partial charge in [-0.2, -0.15) is 28.1 Å². The lowest BCUT2D eigenvalue weighted by molar-refractivity contribution is -0.132. The Balaban J connectivity index is 2.10. The topological polar surface area (TPSA) is 71.2 Å². The first-order chi connectivity index (χ1) is 9.35. The van der Waals surface area contributed by atoms with Gasteiger partial charge >= 0.3 is 6.18 Å². The smallest absolute Gasteiger partial charge is 0.368 e. The average Bonchev–Trinajstić information content (AvgIpc) is 2.88. The van der Waals surface area contributed by atoms with Crippen molar-refractivity contribution < 1.29 is 13.2 Å². The van der Waals surface area contributed by atoms with Crippen LogP contribution in [0.2, 0.25) is 0 Å². The predicted molar refractivity (Wildman–Crippen MR) is 69.6 cm³/mol. The second kappa shape index (κ2) is 5.68. The largest absolute Gasteiger partial charge is 0.390 e. The van der Waals surface area contributed by atoms with E-state index in [1.807, 2.05) is 4.90 Å². The summed E-state index contributed by atoms with van der Waals surface area (Å²) in [6.07, 6.45) is -3.03. The van der Waals surface area contributed by atoms with E-state index in [4.69, 9.17) is 5.73 Å². The van der Waals surface area contributed by atoms with Crippen LogP contribution in [0.3, 0.4) is 0 Å². The number of nitrogens with zero attached hydrogens (tertiary/aromatic N) is 5. The Labute approximate surface area is 114 Å². The third-order valence-corrected chi connectivity index (χ3v) is 3.09. The van der Waals surface area contributed by atoms with Crippen molar-refractivity contribution in [1.82, 2.24) is 15.0 Å². The second-order valence-electron chi connectivity index (χ2n) is 4.77. The van der Waals surface area contributed by atoms with Crippen LogP contribution >= 0.6 is 0 Å². The van der Waals surface area contributed by atoms with Crippen molar-refractivity contribution in [2.75, 3.05) is 42.2 Å². The standard InChI is InChI=1S/C11H17F3N6/c1-19(7-4-11(12,13)14)9-16-8(15)17-10(18-9)20-5-2-3-6-20/h2-7H2,1H3,(H2,15,16,17,18). The van der Waals surface area contributed by atoms with Crippen molar-refractivity contribution >= 4 is 17.8 Å². The van der Waals surface area contributed by atoms with Crippen molar-refractivity contribution in [3.63, 3.8) is 0 Å². The van der Waals surface area contributed by atoms with E-state index >= 15 is 0 Å². The van der Waals surface area contributed by atoms with Crippen molar-refractivity contribution in [1.29, 1.82) is 0 Å². The van der Waals surface area contributed by atoms with Crippen LogP contribution in [0.25, 0.3) is 0 Å². The number of halogens is 3. The van der Waals surface area contributed by atoms with Gasteiger partial charge in [0.05, 0.1) is 6.42 Å². The highest BCUT2D eigenvalue weighted by atomic mass is 19.4. The minimum Gasteiger partial charge on any atom is -0.368 e. The van der Waals surface area contributed by atoms with Gasteiger partial charge in [-0.25, -0.2) is 0 Å². The molecule has 0 aromatic carbocycles. The average molecular weight is 290 g/mol. The van der Waals surface area contributed by atoms with E-state index in [0.717, 1.165) is 25.9 Å². The first-order valence-corrected chi connectivity index (χ1v) is 6.39. The summed E-state index contributed by atoms with van der Waals surface area (Å²) in [4.78, 5) is 15.4. The summed E-state index contributed by atoms with van der Waals surface area (Å²) in [5.41, 5.74) is 5.61. The quantitative estimate of drug-likeness (QED) is 0.905. The van der Waals surface area contributed by atoms with Crippen LogP contribution in [-0.4, -0.2) is 47.8 Å². The maximum absolute atomic E-state index is 12.2. The highest BCUT2D eigenvalue weighted by Gasteiger charge is 2.28. The van der Waals surface area contributed by atoms with Gasteiger partial charge in [-0.1, -0.05) is 0 Å². The Bertz CT molecular complexity index is 458. The molecule has 0 spiro atoms. The van der Waals surface area contributed by atoms with Gasteiger partial charge in [-0.05, 0) is 12.8 Å². The number of anilines is 3. The molecular formula is C11H17F3N6. The van der Waals surface area contributed by atoms with Crippen LogP contribution in [0.1, 0.15) is 19.3 Å². The number of hydrogen-bond acceptors (Lipinski definition) is 6. The fraction of sp³-hybridized carbons (Fsp3) is 0.727. The second-order valence-corrected chi connectivity index (χ2v) is 4.77. The molecule has 0 bridgehead atoms. The van der Waals surface area contributed by atoms with Gasteiger partial charge in [0.2, 0.25) is 17.8 Å². The van der Waals surface area contributed by atoms with E-state index in [1.54, 1.807) is 0 Å². The molecule has 6 nitrogen and oxygen atoms in total. The van der Waals surface area contributed by atoms with Gasteiger partial charge in [0.1, 0.15) is 0 Å². The molecule has 1 aromatic heterocycles. The summed E-state index contributed by atoms with van der Waals surface area (Å²) >= 11 is 0. The molecule has 20 heavy (non-hydrogen) atoms. The number of hydrogen-bond donors (Lipinski definition) is 1. The van der Waals surface area contributed by atoms with Gasteiger partial charge in [0, 0.05) is 26.7 Å². The Hall–Kier alpha value is -1.80. The highest BCUT2D eigenvalue weighted by molar-refractivity contribution is 5.43. The maximum Gasteiger partial charge on any atom is 0.390 e. The zero-order valence-electron chi connectivity index (χ0n) is 11.2. The lowest BCUT2D eigenvalue weighted by Crippen LogP contribution is -2.28. The molecule has 0 saturated carbocycles. The molecule has 0 unspecified atom stereocenters. The molecule has 0 radical (unpaired) electrons. The van der Waals surface area contributed by atoms with Crippen LogP contribution < -0.4 is 15.5 Å². The van der Waals surface area contributed by atoms with E-state index in [0.29, 0.717) is 5.95 Å². The fourth-order valence-corrected chi connectivity index (χ4v) is 1.99. The number of nitrogen functional groups attached to an aromatic ring is 1. The van der Waals surface area contributed by atoms with Crippen LogP contribution in [0.4, 0.5) is 31.0 Å². The van der Waals surface area contributed by atoms with Crippen LogP contribution in [0.5, 0.6) is 0 Å². The molecule has 0 aliphatic carbocycles. The zero-order valence-corrected chi connectivity index (χ0v) is 11.2. The monoisotopic (exact) mass is 290 g/mol. The molecule has 0 atom stereocenters.